The van der Waals surface area contributed by atoms with E-state index in [0.29, 0.717) is 32.0 Å². The Morgan fingerprint density at radius 2 is 2.00 bits per heavy atom. The molecule has 1 fully saturated rings. The molecule has 0 unspecified atom stereocenters. The fraction of sp³-hybridized carbons (Fsp3) is 0.611. The van der Waals surface area contributed by atoms with Gasteiger partial charge in [0.1, 0.15) is 5.82 Å². The van der Waals surface area contributed by atoms with Gasteiger partial charge in [-0.2, -0.15) is 0 Å². The van der Waals surface area contributed by atoms with Crippen molar-refractivity contribution in [3.63, 3.8) is 0 Å². The van der Waals surface area contributed by atoms with Gasteiger partial charge in [-0.1, -0.05) is 12.1 Å². The summed E-state index contributed by atoms with van der Waals surface area (Å²) in [5, 5.41) is 6.41. The molecule has 0 heterocycles. The molecule has 1 saturated carbocycles. The molecule has 1 aliphatic carbocycles. The van der Waals surface area contributed by atoms with E-state index in [-0.39, 0.29) is 17.0 Å². The third-order valence-corrected chi connectivity index (χ3v) is 5.93. The molecule has 0 atom stereocenters. The SMILES string of the molecule is CCNC(=NCC1(c2cccc(F)c2)CC1)NCCCNS(=O)(=O)CC. The minimum absolute atomic E-state index is 0.0544. The van der Waals surface area contributed by atoms with Crippen LogP contribution in [0.5, 0.6) is 0 Å². The molecule has 2 rings (SSSR count). The van der Waals surface area contributed by atoms with E-state index in [1.165, 1.54) is 6.07 Å². The zero-order valence-corrected chi connectivity index (χ0v) is 16.3. The van der Waals surface area contributed by atoms with Crippen molar-refractivity contribution in [2.75, 3.05) is 31.9 Å². The first kappa shape index (κ1) is 20.6. The summed E-state index contributed by atoms with van der Waals surface area (Å²) >= 11 is 0. The molecule has 0 aromatic heterocycles. The fourth-order valence-electron chi connectivity index (χ4n) is 2.70. The van der Waals surface area contributed by atoms with Crippen molar-refractivity contribution in [1.82, 2.24) is 15.4 Å². The highest BCUT2D eigenvalue weighted by Crippen LogP contribution is 2.48. The summed E-state index contributed by atoms with van der Waals surface area (Å²) in [6, 6.07) is 6.77. The molecule has 1 aliphatic rings. The summed E-state index contributed by atoms with van der Waals surface area (Å²) in [4.78, 5) is 4.65. The lowest BCUT2D eigenvalue weighted by atomic mass is 9.96. The molecule has 1 aromatic carbocycles. The van der Waals surface area contributed by atoms with Crippen molar-refractivity contribution in [3.8, 4) is 0 Å². The predicted octanol–water partition coefficient (Wildman–Crippen LogP) is 1.74. The average molecular weight is 385 g/mol. The van der Waals surface area contributed by atoms with E-state index in [1.54, 1.807) is 19.1 Å². The van der Waals surface area contributed by atoms with Crippen LogP contribution in [-0.2, 0) is 15.4 Å². The number of rotatable bonds is 10. The molecule has 0 spiro atoms. The Bertz CT molecular complexity index is 718. The van der Waals surface area contributed by atoms with Gasteiger partial charge in [0.25, 0.3) is 0 Å². The number of aliphatic imine (C=N–C) groups is 1. The van der Waals surface area contributed by atoms with Crippen LogP contribution < -0.4 is 15.4 Å². The standard InChI is InChI=1S/C18H29FN4O2S/c1-3-20-17(21-11-6-12-23-26(24,25)4-2)22-14-18(9-10-18)15-7-5-8-16(19)13-15/h5,7-8,13,23H,3-4,6,9-12,14H2,1-2H3,(H2,20,21,22). The second-order valence-electron chi connectivity index (χ2n) is 6.56. The number of benzene rings is 1. The molecule has 0 radical (unpaired) electrons. The summed E-state index contributed by atoms with van der Waals surface area (Å²) in [5.74, 6) is 0.581. The predicted molar refractivity (Wildman–Crippen MR) is 103 cm³/mol. The van der Waals surface area contributed by atoms with Crippen LogP contribution in [0.3, 0.4) is 0 Å². The van der Waals surface area contributed by atoms with E-state index >= 15 is 0 Å². The number of hydrogen-bond donors (Lipinski definition) is 3. The summed E-state index contributed by atoms with van der Waals surface area (Å²) in [6.07, 6.45) is 2.69. The van der Waals surface area contributed by atoms with Crippen LogP contribution in [0.15, 0.2) is 29.3 Å². The second kappa shape index (κ2) is 9.32. The zero-order valence-electron chi connectivity index (χ0n) is 15.5. The summed E-state index contributed by atoms with van der Waals surface area (Å²) in [6.45, 7) is 5.96. The lowest BCUT2D eigenvalue weighted by Gasteiger charge is -2.16. The molecule has 8 heteroatoms. The third-order valence-electron chi connectivity index (χ3n) is 4.52. The number of guanidine groups is 1. The largest absolute Gasteiger partial charge is 0.357 e. The Balaban J connectivity index is 1.85. The van der Waals surface area contributed by atoms with E-state index in [4.69, 9.17) is 0 Å². The topological polar surface area (TPSA) is 82.6 Å². The number of hydrogen-bond acceptors (Lipinski definition) is 3. The van der Waals surface area contributed by atoms with Crippen LogP contribution in [0.1, 0.15) is 38.7 Å². The highest BCUT2D eigenvalue weighted by atomic mass is 32.2. The average Bonchev–Trinajstić information content (AvgIpc) is 3.40. The molecule has 1 aromatic rings. The molecule has 0 saturated heterocycles. The molecule has 26 heavy (non-hydrogen) atoms. The number of sulfonamides is 1. The van der Waals surface area contributed by atoms with Gasteiger partial charge in [0.2, 0.25) is 10.0 Å². The van der Waals surface area contributed by atoms with Crippen molar-refractivity contribution < 1.29 is 12.8 Å². The first-order chi connectivity index (χ1) is 12.4. The summed E-state index contributed by atoms with van der Waals surface area (Å²) in [5.41, 5.74) is 0.951. The van der Waals surface area contributed by atoms with Gasteiger partial charge in [-0.3, -0.25) is 4.99 Å². The number of nitrogens with zero attached hydrogens (tertiary/aromatic N) is 1. The Kier molecular flexibility index (Phi) is 7.40. The van der Waals surface area contributed by atoms with Crippen molar-refractivity contribution in [2.24, 2.45) is 4.99 Å². The van der Waals surface area contributed by atoms with Gasteiger partial charge in [-0.25, -0.2) is 17.5 Å². The first-order valence-corrected chi connectivity index (χ1v) is 10.8. The maximum atomic E-state index is 13.5. The van der Waals surface area contributed by atoms with Gasteiger partial charge in [0.05, 0.1) is 12.3 Å². The van der Waals surface area contributed by atoms with Crippen LogP contribution in [0.25, 0.3) is 0 Å². The smallest absolute Gasteiger partial charge is 0.211 e. The molecular formula is C18H29FN4O2S. The number of halogens is 1. The van der Waals surface area contributed by atoms with Gasteiger partial charge >= 0.3 is 0 Å². The van der Waals surface area contributed by atoms with E-state index < -0.39 is 10.0 Å². The van der Waals surface area contributed by atoms with Gasteiger partial charge in [0, 0.05) is 25.0 Å². The van der Waals surface area contributed by atoms with Crippen LogP contribution in [0.2, 0.25) is 0 Å². The Morgan fingerprint density at radius 3 is 2.62 bits per heavy atom. The van der Waals surface area contributed by atoms with Gasteiger partial charge in [-0.05, 0) is 50.8 Å². The van der Waals surface area contributed by atoms with E-state index in [1.807, 2.05) is 13.0 Å². The van der Waals surface area contributed by atoms with Gasteiger partial charge in [-0.15, -0.1) is 0 Å². The van der Waals surface area contributed by atoms with Crippen LogP contribution in [0, 0.1) is 5.82 Å². The van der Waals surface area contributed by atoms with Crippen molar-refractivity contribution >= 4 is 16.0 Å². The van der Waals surface area contributed by atoms with Crippen LogP contribution >= 0.6 is 0 Å². The van der Waals surface area contributed by atoms with Gasteiger partial charge in [0.15, 0.2) is 5.96 Å². The molecule has 146 valence electrons. The first-order valence-electron chi connectivity index (χ1n) is 9.16. The second-order valence-corrected chi connectivity index (χ2v) is 8.66. The van der Waals surface area contributed by atoms with Crippen molar-refractivity contribution in [3.05, 3.63) is 35.6 Å². The zero-order chi connectivity index (χ0) is 19.0. The lowest BCUT2D eigenvalue weighted by Crippen LogP contribution is -2.39. The van der Waals surface area contributed by atoms with Crippen LogP contribution in [0.4, 0.5) is 4.39 Å². The molecule has 0 amide bonds. The molecule has 3 N–H and O–H groups in total. The number of nitrogens with one attached hydrogen (secondary N) is 3. The maximum Gasteiger partial charge on any atom is 0.211 e. The maximum absolute atomic E-state index is 13.5. The molecule has 0 aliphatic heterocycles. The van der Waals surface area contributed by atoms with Crippen molar-refractivity contribution in [2.45, 2.75) is 38.5 Å². The Morgan fingerprint density at radius 1 is 1.23 bits per heavy atom. The van der Waals surface area contributed by atoms with E-state index in [2.05, 4.69) is 20.3 Å². The van der Waals surface area contributed by atoms with Crippen LogP contribution in [-0.4, -0.2) is 46.3 Å². The fourth-order valence-corrected chi connectivity index (χ4v) is 3.36. The van der Waals surface area contributed by atoms with E-state index in [9.17, 15) is 12.8 Å². The van der Waals surface area contributed by atoms with Crippen molar-refractivity contribution in [1.29, 1.82) is 0 Å². The van der Waals surface area contributed by atoms with E-state index in [0.717, 1.165) is 24.9 Å². The normalized spacial score (nSPS) is 16.3. The minimum atomic E-state index is -3.14. The Hall–Kier alpha value is -1.67. The molecule has 6 nitrogen and oxygen atoms in total. The monoisotopic (exact) mass is 384 g/mol. The minimum Gasteiger partial charge on any atom is -0.357 e. The Labute approximate surface area is 155 Å². The quantitative estimate of drug-likeness (QED) is 0.326. The summed E-state index contributed by atoms with van der Waals surface area (Å²) in [7, 11) is -3.14. The molecular weight excluding hydrogens is 355 g/mol. The summed E-state index contributed by atoms with van der Waals surface area (Å²) < 4.78 is 38.8. The van der Waals surface area contributed by atoms with Gasteiger partial charge < -0.3 is 10.6 Å². The molecule has 0 bridgehead atoms. The lowest BCUT2D eigenvalue weighted by molar-refractivity contribution is 0.579. The third kappa shape index (κ3) is 6.25. The highest BCUT2D eigenvalue weighted by Gasteiger charge is 2.44. The highest BCUT2D eigenvalue weighted by molar-refractivity contribution is 7.89.